The molecular formula is C120H84Cu2N24. The molecule has 0 unspecified atom stereocenters. The van der Waals surface area contributed by atoms with Gasteiger partial charge in [-0.05, 0) is 437 Å². The van der Waals surface area contributed by atoms with Crippen molar-refractivity contribution in [3.05, 3.63) is 428 Å². The van der Waals surface area contributed by atoms with Crippen LogP contribution in [0.3, 0.4) is 0 Å². The molecule has 12 aliphatic heterocycles. The van der Waals surface area contributed by atoms with Gasteiger partial charge in [0.2, 0.25) is 0 Å². The van der Waals surface area contributed by atoms with E-state index in [1.54, 1.807) is 0 Å². The molecule has 26 heteroatoms. The Kier molecular flexibility index (Phi) is 24.8. The van der Waals surface area contributed by atoms with Gasteiger partial charge in [0, 0.05) is 167 Å². The monoisotopic (exact) mass is 1990 g/mol. The molecule has 12 N–H and O–H groups in total. The van der Waals surface area contributed by atoms with E-state index >= 15 is 0 Å². The van der Waals surface area contributed by atoms with Gasteiger partial charge in [0.1, 0.15) is 0 Å². The fraction of sp³-hybridized carbons (Fsp3) is 0. The van der Waals surface area contributed by atoms with Crippen molar-refractivity contribution in [2.75, 3.05) is 0 Å². The van der Waals surface area contributed by atoms with Gasteiger partial charge in [-0.3, -0.25) is 0 Å². The van der Waals surface area contributed by atoms with Crippen LogP contribution >= 0.6 is 0 Å². The maximum absolute atomic E-state index is 4.62. The van der Waals surface area contributed by atoms with E-state index in [-0.39, 0.29) is 34.1 Å². The Balaban J connectivity index is 0.0000000964. The van der Waals surface area contributed by atoms with Crippen LogP contribution in [-0.4, -0.2) is 120 Å². The van der Waals surface area contributed by atoms with Gasteiger partial charge >= 0.3 is 0 Å². The van der Waals surface area contributed by atoms with Crippen LogP contribution in [0.2, 0.25) is 0 Å². The van der Waals surface area contributed by atoms with Crippen LogP contribution < -0.4 is 0 Å². The molecular weight excluding hydrogens is 1900 g/mol. The van der Waals surface area contributed by atoms with Crippen molar-refractivity contribution < 1.29 is 34.1 Å². The summed E-state index contributed by atoms with van der Waals surface area (Å²) in [5.41, 5.74) is 47.2. The molecule has 2 radical (unpaired) electrons. The maximum atomic E-state index is 4.62. The zero-order chi connectivity index (χ0) is 95.6. The fourth-order valence-electron chi connectivity index (χ4n) is 17.7. The van der Waals surface area contributed by atoms with E-state index in [1.165, 1.54) is 0 Å². The van der Waals surface area contributed by atoms with Crippen LogP contribution in [0.1, 0.15) is 137 Å². The number of nitrogens with one attached hydrogen (secondary N) is 12. The number of hydrogen-bond donors (Lipinski definition) is 12. The van der Waals surface area contributed by atoms with Crippen molar-refractivity contribution in [2.45, 2.75) is 0 Å². The molecule has 18 aromatic heterocycles. The molecule has 24 nitrogen and oxygen atoms in total. The molecule has 0 saturated heterocycles. The zero-order valence-corrected chi connectivity index (χ0v) is 79.4. The molecule has 0 atom stereocenters. The molecule has 30 heterocycles. The van der Waals surface area contributed by atoms with Gasteiger partial charge in [0.25, 0.3) is 0 Å². The third-order valence-corrected chi connectivity index (χ3v) is 24.3. The maximum Gasteiger partial charge on any atom is 0.0659 e. The molecule has 48 bridgehead atoms. The van der Waals surface area contributed by atoms with Crippen molar-refractivity contribution in [3.63, 3.8) is 0 Å². The molecule has 0 fully saturated rings. The second-order valence-electron chi connectivity index (χ2n) is 35.4. The Morgan fingerprint density at radius 2 is 0.144 bits per heavy atom. The summed E-state index contributed by atoms with van der Waals surface area (Å²) in [6.07, 6.45) is 48.3. The number of H-pyrrole nitrogens is 12. The number of aromatic nitrogens is 24. The average molecular weight is 1990 g/mol. The van der Waals surface area contributed by atoms with Crippen LogP contribution in [0.25, 0.3) is 278 Å². The molecule has 0 aliphatic carbocycles. The summed E-state index contributed by atoms with van der Waals surface area (Å²) in [5, 5.41) is 0. The average Bonchev–Trinajstić information content (AvgIpc) is 1.71. The van der Waals surface area contributed by atoms with Crippen LogP contribution in [0.4, 0.5) is 0 Å². The third kappa shape index (κ3) is 22.2. The second-order valence-corrected chi connectivity index (χ2v) is 35.4. The van der Waals surface area contributed by atoms with E-state index in [4.69, 9.17) is 0 Å². The van der Waals surface area contributed by atoms with Gasteiger partial charge in [-0.25, -0.2) is 59.8 Å². The first-order valence-corrected chi connectivity index (χ1v) is 47.1. The van der Waals surface area contributed by atoms with Crippen molar-refractivity contribution in [1.82, 2.24) is 120 Å². The Morgan fingerprint density at radius 3 is 0.219 bits per heavy atom. The largest absolute Gasteiger partial charge is 0.355 e. The molecule has 706 valence electrons. The molecule has 0 spiro atoms. The summed E-state index contributed by atoms with van der Waals surface area (Å²) in [5.74, 6) is 0. The van der Waals surface area contributed by atoms with Crippen LogP contribution in [0, 0.1) is 0 Å². The Morgan fingerprint density at radius 1 is 0.0822 bits per heavy atom. The van der Waals surface area contributed by atoms with Crippen LogP contribution in [-0.2, 0) is 34.1 Å². The van der Waals surface area contributed by atoms with Gasteiger partial charge in [-0.1, -0.05) is 0 Å². The second kappa shape index (κ2) is 40.1. The van der Waals surface area contributed by atoms with Gasteiger partial charge in [0.05, 0.1) is 137 Å². The van der Waals surface area contributed by atoms with Crippen LogP contribution in [0.15, 0.2) is 291 Å². The van der Waals surface area contributed by atoms with Gasteiger partial charge in [-0.2, -0.15) is 0 Å². The van der Waals surface area contributed by atoms with Crippen LogP contribution in [0.5, 0.6) is 0 Å². The first-order valence-electron chi connectivity index (χ1n) is 47.1. The standard InChI is InChI=1S/6C20H14N4.2Cu/c6*1-2-14-10-16-5-6-18(23-16)12-20-8-7-19(24-20)11-17-4-3-15(22-17)9-13(1)21-14;;/h6*1-12,21-22H;;. The smallest absolute Gasteiger partial charge is 0.0659 e. The predicted molar refractivity (Wildman–Crippen MR) is 593 cm³/mol. The van der Waals surface area contributed by atoms with Crippen molar-refractivity contribution in [3.8, 4) is 0 Å². The fourth-order valence-corrected chi connectivity index (χ4v) is 17.7. The Bertz CT molecular complexity index is 7880. The normalized spacial score (nSPS) is 12.5. The van der Waals surface area contributed by atoms with Gasteiger partial charge in [-0.15, -0.1) is 0 Å². The summed E-state index contributed by atoms with van der Waals surface area (Å²) in [4.78, 5) is 96.1. The van der Waals surface area contributed by atoms with E-state index in [1.807, 2.05) is 255 Å². The first-order chi connectivity index (χ1) is 70.8. The van der Waals surface area contributed by atoms with E-state index in [0.29, 0.717) is 0 Å². The zero-order valence-electron chi connectivity index (χ0n) is 77.5. The summed E-state index contributed by atoms with van der Waals surface area (Å²) in [6.45, 7) is 0. The molecule has 18 aromatic rings. The molecule has 30 rings (SSSR count). The first kappa shape index (κ1) is 90.5. The quantitative estimate of drug-likeness (QED) is 0.0631. The molecule has 0 saturated carbocycles. The van der Waals surface area contributed by atoms with E-state index in [2.05, 4.69) is 302 Å². The molecule has 146 heavy (non-hydrogen) atoms. The third-order valence-electron chi connectivity index (χ3n) is 24.3. The van der Waals surface area contributed by atoms with Gasteiger partial charge in [0.15, 0.2) is 0 Å². The SMILES string of the molecule is C1=Cc2cc3ccc(cc4ccc(cc5nc(cc1n2)C=C5)[nH]4)[nH]3.C1=Cc2cc3ccc(cc4ccc(cc5nc(cc1n2)C=C5)[nH]4)[nH]3.C1=Cc2cc3ccc(cc4ccc(cc5nc(cc1n2)C=C5)[nH]4)[nH]3.C1=Cc2cc3ccc(cc4ccc(cc5nc(cc1n2)C=C5)[nH]4)[nH]3.C1=Cc2cc3ccc(cc4ccc(cc5nc(cc1n2)C=C5)[nH]4)[nH]3.C1=Cc2cc3ccc(cc4ccc(cc5nc(cc1n2)C=C5)[nH]4)[nH]3.[Cu].[Cu]. The van der Waals surface area contributed by atoms with E-state index in [0.717, 1.165) is 269 Å². The minimum atomic E-state index is 0. The molecule has 0 amide bonds. The van der Waals surface area contributed by atoms with Crippen molar-refractivity contribution in [1.29, 1.82) is 0 Å². The summed E-state index contributed by atoms with van der Waals surface area (Å²) in [6, 6.07) is 98.4. The van der Waals surface area contributed by atoms with E-state index < -0.39 is 0 Å². The van der Waals surface area contributed by atoms with Crippen molar-refractivity contribution >= 4 is 278 Å². The summed E-state index contributed by atoms with van der Waals surface area (Å²) < 4.78 is 0. The number of aromatic amines is 12. The molecule has 0 aromatic carbocycles. The molecule has 12 aliphatic rings. The minimum absolute atomic E-state index is 0. The minimum Gasteiger partial charge on any atom is -0.355 e. The summed E-state index contributed by atoms with van der Waals surface area (Å²) >= 11 is 0. The number of rotatable bonds is 0. The van der Waals surface area contributed by atoms with Crippen molar-refractivity contribution in [2.24, 2.45) is 0 Å². The van der Waals surface area contributed by atoms with Gasteiger partial charge < -0.3 is 59.8 Å². The Labute approximate surface area is 853 Å². The summed E-state index contributed by atoms with van der Waals surface area (Å²) in [7, 11) is 0. The topological polar surface area (TPSA) is 344 Å². The number of nitrogens with zero attached hydrogens (tertiary/aromatic N) is 12. The predicted octanol–water partition coefficient (Wildman–Crippen LogP) is 27.9. The number of hydrogen-bond acceptors (Lipinski definition) is 12. The number of fused-ring (bicyclic) bond motifs is 48. The van der Waals surface area contributed by atoms with E-state index in [9.17, 15) is 0 Å². The Hall–Kier alpha value is -19.4.